The number of carbonyl (C=O) groups is 2. The normalized spacial score (nSPS) is 15.5. The van der Waals surface area contributed by atoms with Gasteiger partial charge < -0.3 is 9.64 Å². The molecule has 1 amide bonds. The van der Waals surface area contributed by atoms with Crippen molar-refractivity contribution < 1.29 is 14.3 Å². The fourth-order valence-electron chi connectivity index (χ4n) is 2.77. The number of fused-ring (bicyclic) bond motifs is 1. The number of hydrogen-bond acceptors (Lipinski definition) is 3. The molecular formula is C17H23NO3. The lowest BCUT2D eigenvalue weighted by atomic mass is 9.79. The van der Waals surface area contributed by atoms with Crippen LogP contribution in [0.1, 0.15) is 33.3 Å². The van der Waals surface area contributed by atoms with Crippen molar-refractivity contribution in [3.8, 4) is 0 Å². The van der Waals surface area contributed by atoms with E-state index >= 15 is 0 Å². The molecule has 0 bridgehead atoms. The highest BCUT2D eigenvalue weighted by Gasteiger charge is 2.42. The third-order valence-electron chi connectivity index (χ3n) is 3.79. The molecule has 21 heavy (non-hydrogen) atoms. The van der Waals surface area contributed by atoms with E-state index in [0.717, 1.165) is 17.7 Å². The summed E-state index contributed by atoms with van der Waals surface area (Å²) in [6, 6.07) is 7.85. The number of para-hydroxylation sites is 1. The summed E-state index contributed by atoms with van der Waals surface area (Å²) in [6.45, 7) is 8.37. The second-order valence-electron chi connectivity index (χ2n) is 6.42. The number of anilines is 1. The van der Waals surface area contributed by atoms with Crippen LogP contribution in [0.5, 0.6) is 0 Å². The van der Waals surface area contributed by atoms with Crippen LogP contribution in [0.4, 0.5) is 5.69 Å². The number of benzene rings is 1. The first kappa shape index (κ1) is 15.5. The van der Waals surface area contributed by atoms with Crippen molar-refractivity contribution in [1.82, 2.24) is 0 Å². The van der Waals surface area contributed by atoms with Gasteiger partial charge in [-0.2, -0.15) is 0 Å². The zero-order valence-electron chi connectivity index (χ0n) is 13.2. The Balaban J connectivity index is 2.30. The molecular weight excluding hydrogens is 266 g/mol. The van der Waals surface area contributed by atoms with Crippen molar-refractivity contribution in [3.05, 3.63) is 29.8 Å². The summed E-state index contributed by atoms with van der Waals surface area (Å²) in [5.41, 5.74) is 1.60. The standard InChI is InChI=1S/C17H23NO3/c1-5-21-16(20)14(17(2,3)4)15(19)18-11-10-12-8-6-7-9-13(12)18/h6-9,14H,5,10-11H2,1-4H3. The van der Waals surface area contributed by atoms with Gasteiger partial charge in [-0.1, -0.05) is 39.0 Å². The van der Waals surface area contributed by atoms with E-state index in [-0.39, 0.29) is 12.5 Å². The number of amides is 1. The Morgan fingerprint density at radius 1 is 1.29 bits per heavy atom. The summed E-state index contributed by atoms with van der Waals surface area (Å²) in [5.74, 6) is -1.37. The molecule has 0 radical (unpaired) electrons. The van der Waals surface area contributed by atoms with Crippen LogP contribution >= 0.6 is 0 Å². The molecule has 0 fully saturated rings. The van der Waals surface area contributed by atoms with Gasteiger partial charge in [-0.3, -0.25) is 9.59 Å². The zero-order valence-corrected chi connectivity index (χ0v) is 13.2. The molecule has 1 aromatic rings. The average Bonchev–Trinajstić information content (AvgIpc) is 2.81. The molecule has 0 saturated carbocycles. The molecule has 1 atom stereocenters. The van der Waals surface area contributed by atoms with Gasteiger partial charge in [-0.15, -0.1) is 0 Å². The van der Waals surface area contributed by atoms with Crippen LogP contribution in [-0.2, 0) is 20.7 Å². The molecule has 0 aromatic heterocycles. The van der Waals surface area contributed by atoms with Crippen LogP contribution in [-0.4, -0.2) is 25.0 Å². The molecule has 1 heterocycles. The minimum absolute atomic E-state index is 0.161. The van der Waals surface area contributed by atoms with E-state index in [0.29, 0.717) is 6.54 Å². The first-order chi connectivity index (χ1) is 9.86. The van der Waals surface area contributed by atoms with E-state index in [2.05, 4.69) is 0 Å². The Bertz CT molecular complexity index is 545. The topological polar surface area (TPSA) is 46.6 Å². The van der Waals surface area contributed by atoms with Gasteiger partial charge >= 0.3 is 5.97 Å². The number of hydrogen-bond donors (Lipinski definition) is 0. The number of rotatable bonds is 3. The maximum atomic E-state index is 12.9. The summed E-state index contributed by atoms with van der Waals surface area (Å²) in [6.07, 6.45) is 0.835. The second kappa shape index (κ2) is 5.88. The molecule has 0 spiro atoms. The first-order valence-corrected chi connectivity index (χ1v) is 7.42. The second-order valence-corrected chi connectivity index (χ2v) is 6.42. The molecule has 4 nitrogen and oxygen atoms in total. The van der Waals surface area contributed by atoms with Crippen molar-refractivity contribution in [1.29, 1.82) is 0 Å². The van der Waals surface area contributed by atoms with E-state index in [1.165, 1.54) is 0 Å². The maximum absolute atomic E-state index is 12.9. The van der Waals surface area contributed by atoms with Gasteiger partial charge in [0.15, 0.2) is 0 Å². The van der Waals surface area contributed by atoms with Crippen LogP contribution < -0.4 is 4.90 Å². The number of esters is 1. The molecule has 114 valence electrons. The minimum atomic E-state index is -0.774. The van der Waals surface area contributed by atoms with Gasteiger partial charge in [0.1, 0.15) is 5.92 Å². The Morgan fingerprint density at radius 2 is 1.95 bits per heavy atom. The molecule has 2 rings (SSSR count). The van der Waals surface area contributed by atoms with E-state index in [1.54, 1.807) is 11.8 Å². The number of nitrogens with zero attached hydrogens (tertiary/aromatic N) is 1. The minimum Gasteiger partial charge on any atom is -0.465 e. The van der Waals surface area contributed by atoms with Crippen molar-refractivity contribution in [3.63, 3.8) is 0 Å². The Labute approximate surface area is 126 Å². The van der Waals surface area contributed by atoms with Gasteiger partial charge in [0.2, 0.25) is 5.91 Å². The summed E-state index contributed by atoms with van der Waals surface area (Å²) in [7, 11) is 0. The van der Waals surface area contributed by atoms with Gasteiger partial charge in [0.05, 0.1) is 6.61 Å². The van der Waals surface area contributed by atoms with Crippen LogP contribution in [0.3, 0.4) is 0 Å². The molecule has 0 saturated heterocycles. The summed E-state index contributed by atoms with van der Waals surface area (Å²) in [5, 5.41) is 0. The van der Waals surface area contributed by atoms with Crippen molar-refractivity contribution >= 4 is 17.6 Å². The third-order valence-corrected chi connectivity index (χ3v) is 3.79. The lowest BCUT2D eigenvalue weighted by molar-refractivity contribution is -0.155. The number of carbonyl (C=O) groups excluding carboxylic acids is 2. The predicted molar refractivity (Wildman–Crippen MR) is 82.1 cm³/mol. The van der Waals surface area contributed by atoms with Crippen LogP contribution in [0.15, 0.2) is 24.3 Å². The molecule has 1 aliphatic heterocycles. The highest BCUT2D eigenvalue weighted by atomic mass is 16.5. The highest BCUT2D eigenvalue weighted by molar-refractivity contribution is 6.07. The Hall–Kier alpha value is -1.84. The third kappa shape index (κ3) is 3.09. The predicted octanol–water partition coefficient (Wildman–Crippen LogP) is 2.80. The van der Waals surface area contributed by atoms with E-state index < -0.39 is 17.3 Å². The summed E-state index contributed by atoms with van der Waals surface area (Å²) in [4.78, 5) is 26.9. The quantitative estimate of drug-likeness (QED) is 0.635. The van der Waals surface area contributed by atoms with Crippen molar-refractivity contribution in [2.24, 2.45) is 11.3 Å². The first-order valence-electron chi connectivity index (χ1n) is 7.42. The van der Waals surface area contributed by atoms with E-state index in [9.17, 15) is 9.59 Å². The fraction of sp³-hybridized carbons (Fsp3) is 0.529. The zero-order chi connectivity index (χ0) is 15.6. The largest absolute Gasteiger partial charge is 0.465 e. The van der Waals surface area contributed by atoms with Crippen molar-refractivity contribution in [2.45, 2.75) is 34.1 Å². The molecule has 4 heteroatoms. The lowest BCUT2D eigenvalue weighted by Gasteiger charge is -2.31. The summed E-state index contributed by atoms with van der Waals surface area (Å²) < 4.78 is 5.11. The lowest BCUT2D eigenvalue weighted by Crippen LogP contribution is -2.45. The summed E-state index contributed by atoms with van der Waals surface area (Å²) >= 11 is 0. The molecule has 1 aliphatic rings. The van der Waals surface area contributed by atoms with Crippen LogP contribution in [0.2, 0.25) is 0 Å². The Morgan fingerprint density at radius 3 is 2.57 bits per heavy atom. The number of ether oxygens (including phenoxy) is 1. The van der Waals surface area contributed by atoms with Gasteiger partial charge in [0, 0.05) is 12.2 Å². The Kier molecular flexibility index (Phi) is 4.35. The van der Waals surface area contributed by atoms with Crippen LogP contribution in [0.25, 0.3) is 0 Å². The molecule has 1 unspecified atom stereocenters. The van der Waals surface area contributed by atoms with E-state index in [1.807, 2.05) is 45.0 Å². The van der Waals surface area contributed by atoms with Gasteiger partial charge in [-0.25, -0.2) is 0 Å². The molecule has 0 N–H and O–H groups in total. The monoisotopic (exact) mass is 289 g/mol. The SMILES string of the molecule is CCOC(=O)C(C(=O)N1CCc2ccccc21)C(C)(C)C. The fourth-order valence-corrected chi connectivity index (χ4v) is 2.77. The molecule has 0 aliphatic carbocycles. The smallest absolute Gasteiger partial charge is 0.319 e. The maximum Gasteiger partial charge on any atom is 0.319 e. The van der Waals surface area contributed by atoms with E-state index in [4.69, 9.17) is 4.74 Å². The average molecular weight is 289 g/mol. The van der Waals surface area contributed by atoms with Gasteiger partial charge in [0.25, 0.3) is 0 Å². The molecule has 1 aromatic carbocycles. The van der Waals surface area contributed by atoms with Gasteiger partial charge in [-0.05, 0) is 30.4 Å². The highest BCUT2D eigenvalue weighted by Crippen LogP contribution is 2.34. The van der Waals surface area contributed by atoms with Crippen LogP contribution in [0, 0.1) is 11.3 Å². The van der Waals surface area contributed by atoms with Crippen molar-refractivity contribution in [2.75, 3.05) is 18.1 Å².